The minimum Gasteiger partial charge on any atom is -0.333 e. The highest BCUT2D eigenvalue weighted by atomic mass is 16.2. The summed E-state index contributed by atoms with van der Waals surface area (Å²) in [5.74, 6) is 0.152. The van der Waals surface area contributed by atoms with E-state index in [1.165, 1.54) is 5.56 Å². The Bertz CT molecular complexity index is 969. The summed E-state index contributed by atoms with van der Waals surface area (Å²) in [5.41, 5.74) is 1.61. The summed E-state index contributed by atoms with van der Waals surface area (Å²) in [6, 6.07) is 20.6. The molecule has 3 fully saturated rings. The Balaban J connectivity index is 1.33. The molecule has 0 radical (unpaired) electrons. The van der Waals surface area contributed by atoms with E-state index in [1.54, 1.807) is 0 Å². The van der Waals surface area contributed by atoms with Crippen LogP contribution in [0.25, 0.3) is 0 Å². The standard InChI is InChI=1S/C26H31N3O2/c1-20(2)23(30)29-25(17-27(18-25)15-21-9-5-3-6-10-21)13-14-26(29)19-28(24(26)31)16-22-11-7-4-8-12-22/h3-12,20H,13-19H2,1-2H3. The molecule has 2 aromatic carbocycles. The highest BCUT2D eigenvalue weighted by Crippen LogP contribution is 2.51. The molecule has 2 aromatic rings. The Morgan fingerprint density at radius 1 is 0.871 bits per heavy atom. The molecule has 0 N–H and O–H groups in total. The van der Waals surface area contributed by atoms with Crippen LogP contribution in [0.1, 0.15) is 37.8 Å². The average molecular weight is 418 g/mol. The van der Waals surface area contributed by atoms with Crippen LogP contribution in [0.15, 0.2) is 60.7 Å². The quantitative estimate of drug-likeness (QED) is 0.701. The lowest BCUT2D eigenvalue weighted by Crippen LogP contribution is -2.79. The van der Waals surface area contributed by atoms with Crippen LogP contribution in [0.5, 0.6) is 0 Å². The van der Waals surface area contributed by atoms with Gasteiger partial charge in [-0.05, 0) is 24.0 Å². The molecule has 2 spiro atoms. The number of hydrogen-bond acceptors (Lipinski definition) is 3. The maximum Gasteiger partial charge on any atom is 0.250 e. The lowest BCUT2D eigenvalue weighted by Gasteiger charge is -2.60. The van der Waals surface area contributed by atoms with Gasteiger partial charge in [0.2, 0.25) is 5.91 Å². The van der Waals surface area contributed by atoms with E-state index < -0.39 is 5.54 Å². The molecule has 2 amide bonds. The molecular weight excluding hydrogens is 386 g/mol. The average Bonchev–Trinajstić information content (AvgIpc) is 3.11. The first kappa shape index (κ1) is 20.3. The third-order valence-corrected chi connectivity index (χ3v) is 7.26. The maximum atomic E-state index is 13.4. The largest absolute Gasteiger partial charge is 0.333 e. The van der Waals surface area contributed by atoms with E-state index in [1.807, 2.05) is 47.9 Å². The molecule has 3 saturated heterocycles. The summed E-state index contributed by atoms with van der Waals surface area (Å²) >= 11 is 0. The molecule has 0 aliphatic carbocycles. The van der Waals surface area contributed by atoms with Crippen LogP contribution >= 0.6 is 0 Å². The predicted molar refractivity (Wildman–Crippen MR) is 120 cm³/mol. The normalized spacial score (nSPS) is 24.7. The zero-order chi connectivity index (χ0) is 21.6. The van der Waals surface area contributed by atoms with Crippen LogP contribution in [0.2, 0.25) is 0 Å². The number of carbonyl (C=O) groups is 2. The van der Waals surface area contributed by atoms with E-state index >= 15 is 0 Å². The molecule has 1 unspecified atom stereocenters. The molecular formula is C26H31N3O2. The molecule has 0 saturated carbocycles. The van der Waals surface area contributed by atoms with Crippen LogP contribution in [0, 0.1) is 5.92 Å². The van der Waals surface area contributed by atoms with Crippen molar-refractivity contribution in [2.75, 3.05) is 19.6 Å². The lowest BCUT2D eigenvalue weighted by molar-refractivity contribution is -0.182. The van der Waals surface area contributed by atoms with Gasteiger partial charge in [0.15, 0.2) is 0 Å². The predicted octanol–water partition coefficient (Wildman–Crippen LogP) is 3.30. The van der Waals surface area contributed by atoms with Crippen LogP contribution in [0.3, 0.4) is 0 Å². The Kier molecular flexibility index (Phi) is 4.89. The summed E-state index contributed by atoms with van der Waals surface area (Å²) in [6.45, 7) is 7.79. The number of likely N-dealkylation sites (tertiary alicyclic amines) is 3. The van der Waals surface area contributed by atoms with E-state index in [-0.39, 0.29) is 23.3 Å². The van der Waals surface area contributed by atoms with Crippen molar-refractivity contribution in [2.24, 2.45) is 5.92 Å². The van der Waals surface area contributed by atoms with Gasteiger partial charge in [0.1, 0.15) is 5.54 Å². The van der Waals surface area contributed by atoms with Gasteiger partial charge in [0.25, 0.3) is 5.91 Å². The minimum atomic E-state index is -0.630. The van der Waals surface area contributed by atoms with Gasteiger partial charge in [-0.25, -0.2) is 0 Å². The Labute approximate surface area is 184 Å². The summed E-state index contributed by atoms with van der Waals surface area (Å²) in [6.07, 6.45) is 1.70. The van der Waals surface area contributed by atoms with Crippen LogP contribution in [0.4, 0.5) is 0 Å². The number of carbonyl (C=O) groups excluding carboxylic acids is 2. The zero-order valence-corrected chi connectivity index (χ0v) is 18.5. The Morgan fingerprint density at radius 2 is 1.45 bits per heavy atom. The van der Waals surface area contributed by atoms with E-state index in [0.29, 0.717) is 13.1 Å². The summed E-state index contributed by atoms with van der Waals surface area (Å²) < 4.78 is 0. The Morgan fingerprint density at radius 3 is 2.00 bits per heavy atom. The molecule has 5 nitrogen and oxygen atoms in total. The molecule has 1 atom stereocenters. The van der Waals surface area contributed by atoms with Gasteiger partial charge in [-0.3, -0.25) is 14.5 Å². The van der Waals surface area contributed by atoms with E-state index in [4.69, 9.17) is 0 Å². The van der Waals surface area contributed by atoms with Gasteiger partial charge in [-0.1, -0.05) is 74.5 Å². The second-order valence-electron chi connectivity index (χ2n) is 9.86. The fourth-order valence-corrected chi connectivity index (χ4v) is 5.80. The van der Waals surface area contributed by atoms with Gasteiger partial charge in [-0.2, -0.15) is 0 Å². The fourth-order valence-electron chi connectivity index (χ4n) is 5.80. The third kappa shape index (κ3) is 3.26. The molecule has 3 aliphatic rings. The number of β-lactam (4-membered cyclic amide) rings is 1. The van der Waals surface area contributed by atoms with Crippen molar-refractivity contribution in [3.63, 3.8) is 0 Å². The smallest absolute Gasteiger partial charge is 0.250 e. The van der Waals surface area contributed by atoms with Crippen molar-refractivity contribution in [1.29, 1.82) is 0 Å². The zero-order valence-electron chi connectivity index (χ0n) is 18.5. The van der Waals surface area contributed by atoms with E-state index in [0.717, 1.165) is 38.0 Å². The summed E-state index contributed by atoms with van der Waals surface area (Å²) in [4.78, 5) is 33.2. The van der Waals surface area contributed by atoms with Gasteiger partial charge in [-0.15, -0.1) is 0 Å². The van der Waals surface area contributed by atoms with Gasteiger partial charge < -0.3 is 9.80 Å². The second-order valence-corrected chi connectivity index (χ2v) is 9.86. The highest BCUT2D eigenvalue weighted by molar-refractivity contribution is 5.98. The topological polar surface area (TPSA) is 43.9 Å². The lowest BCUT2D eigenvalue weighted by atomic mass is 9.84. The van der Waals surface area contributed by atoms with Crippen molar-refractivity contribution >= 4 is 11.8 Å². The molecule has 5 heteroatoms. The van der Waals surface area contributed by atoms with Crippen LogP contribution < -0.4 is 0 Å². The third-order valence-electron chi connectivity index (χ3n) is 7.26. The Hall–Kier alpha value is -2.66. The number of amides is 2. The SMILES string of the molecule is CC(C)C(=O)N1C2(CCC13CN(Cc1ccccc1)C3=O)CN(Cc1ccccc1)C2. The van der Waals surface area contributed by atoms with Gasteiger partial charge in [0.05, 0.1) is 12.1 Å². The first-order valence-corrected chi connectivity index (χ1v) is 11.4. The highest BCUT2D eigenvalue weighted by Gasteiger charge is 2.69. The van der Waals surface area contributed by atoms with Crippen LogP contribution in [-0.2, 0) is 22.7 Å². The fraction of sp³-hybridized carbons (Fsp3) is 0.462. The first-order valence-electron chi connectivity index (χ1n) is 11.4. The molecule has 162 valence electrons. The number of nitrogens with zero attached hydrogens (tertiary/aromatic N) is 3. The molecule has 0 bridgehead atoms. The van der Waals surface area contributed by atoms with E-state index in [9.17, 15) is 9.59 Å². The summed E-state index contributed by atoms with van der Waals surface area (Å²) in [5, 5.41) is 0. The van der Waals surface area contributed by atoms with Crippen molar-refractivity contribution in [2.45, 2.75) is 50.9 Å². The second kappa shape index (κ2) is 7.49. The molecule has 3 aliphatic heterocycles. The van der Waals surface area contributed by atoms with Crippen molar-refractivity contribution < 1.29 is 9.59 Å². The van der Waals surface area contributed by atoms with Crippen molar-refractivity contribution in [3.8, 4) is 0 Å². The number of rotatable bonds is 5. The molecule has 5 rings (SSSR count). The van der Waals surface area contributed by atoms with Crippen LogP contribution in [-0.4, -0.2) is 57.2 Å². The molecule has 3 heterocycles. The van der Waals surface area contributed by atoms with Crippen molar-refractivity contribution in [3.05, 3.63) is 71.8 Å². The van der Waals surface area contributed by atoms with Gasteiger partial charge >= 0.3 is 0 Å². The molecule has 31 heavy (non-hydrogen) atoms. The monoisotopic (exact) mass is 417 g/mol. The number of hydrogen-bond donors (Lipinski definition) is 0. The maximum absolute atomic E-state index is 13.4. The first-order chi connectivity index (χ1) is 14.9. The number of benzene rings is 2. The minimum absolute atomic E-state index is 0.106. The van der Waals surface area contributed by atoms with Gasteiger partial charge in [0, 0.05) is 32.1 Å². The van der Waals surface area contributed by atoms with E-state index in [2.05, 4.69) is 41.3 Å². The summed E-state index contributed by atoms with van der Waals surface area (Å²) in [7, 11) is 0. The van der Waals surface area contributed by atoms with Crippen molar-refractivity contribution in [1.82, 2.24) is 14.7 Å². The molecule has 0 aromatic heterocycles.